The molecule has 0 atom stereocenters. The number of methoxy groups -OCH3 is 1. The molecular weight excluding hydrogens is 562 g/mol. The molecule has 8 nitrogen and oxygen atoms in total. The Hall–Kier alpha value is -3.95. The maximum absolute atomic E-state index is 13.7. The van der Waals surface area contributed by atoms with E-state index in [-0.39, 0.29) is 44.1 Å². The lowest BCUT2D eigenvalue weighted by molar-refractivity contribution is -0.133. The Morgan fingerprint density at radius 1 is 0.974 bits per heavy atom. The maximum Gasteiger partial charge on any atom is 0.322 e. The molecule has 1 aromatic heterocycles. The van der Waals surface area contributed by atoms with Gasteiger partial charge in [0.05, 0.1) is 36.1 Å². The van der Waals surface area contributed by atoms with Crippen molar-refractivity contribution in [3.8, 4) is 0 Å². The van der Waals surface area contributed by atoms with Crippen molar-refractivity contribution < 1.29 is 18.7 Å². The summed E-state index contributed by atoms with van der Waals surface area (Å²) >= 11 is 3.43. The number of urea groups is 1. The van der Waals surface area contributed by atoms with E-state index in [2.05, 4.69) is 21.2 Å². The number of hydrogen-bond donors (Lipinski definition) is 1. The third-order valence-corrected chi connectivity index (χ3v) is 6.92. The third kappa shape index (κ3) is 7.34. The van der Waals surface area contributed by atoms with Crippen LogP contribution in [0.2, 0.25) is 0 Å². The number of carbonyl (C=O) groups is 2. The molecule has 0 unspecified atom stereocenters. The zero-order chi connectivity index (χ0) is 27.8. The molecule has 0 bridgehead atoms. The van der Waals surface area contributed by atoms with Crippen molar-refractivity contribution in [2.75, 3.05) is 32.1 Å². The highest BCUT2D eigenvalue weighted by atomic mass is 79.9. The van der Waals surface area contributed by atoms with E-state index in [9.17, 15) is 14.4 Å². The molecule has 0 saturated heterocycles. The SMILES string of the molecule is COCCN(CC(=O)N(Cc1ccccc1)Cc1coc2ccc(C)cc2c1=O)C(=O)Nc1ccccc1Br. The average Bonchev–Trinajstić information content (AvgIpc) is 2.94. The summed E-state index contributed by atoms with van der Waals surface area (Å²) in [7, 11) is 1.54. The van der Waals surface area contributed by atoms with Crippen molar-refractivity contribution >= 4 is 44.5 Å². The van der Waals surface area contributed by atoms with Crippen LogP contribution in [-0.4, -0.2) is 48.5 Å². The minimum atomic E-state index is -0.437. The number of ether oxygens (including phenoxy) is 1. The molecule has 9 heteroatoms. The van der Waals surface area contributed by atoms with Crippen LogP contribution in [0.4, 0.5) is 10.5 Å². The fourth-order valence-electron chi connectivity index (χ4n) is 4.11. The van der Waals surface area contributed by atoms with Gasteiger partial charge in [0.2, 0.25) is 5.91 Å². The number of nitrogens with zero attached hydrogens (tertiary/aromatic N) is 2. The van der Waals surface area contributed by atoms with E-state index < -0.39 is 6.03 Å². The van der Waals surface area contributed by atoms with Crippen LogP contribution in [-0.2, 0) is 22.6 Å². The molecule has 0 aliphatic carbocycles. The van der Waals surface area contributed by atoms with Crippen molar-refractivity contribution in [2.24, 2.45) is 0 Å². The standard InChI is InChI=1S/C30H30BrN3O5/c1-21-12-13-27-24(16-21)29(36)23(20-39-27)18-34(17-22-8-4-3-5-9-22)28(35)19-33(14-15-38-2)30(37)32-26-11-7-6-10-25(26)31/h3-13,16,20H,14-15,17-19H2,1-2H3,(H,32,37). The van der Waals surface area contributed by atoms with Gasteiger partial charge in [0, 0.05) is 24.7 Å². The van der Waals surface area contributed by atoms with Gasteiger partial charge in [-0.3, -0.25) is 9.59 Å². The number of hydrogen-bond acceptors (Lipinski definition) is 5. The number of halogens is 1. The van der Waals surface area contributed by atoms with E-state index in [0.717, 1.165) is 15.6 Å². The van der Waals surface area contributed by atoms with Crippen LogP contribution in [0.15, 0.2) is 92.7 Å². The molecule has 1 N–H and O–H groups in total. The zero-order valence-corrected chi connectivity index (χ0v) is 23.4. The lowest BCUT2D eigenvalue weighted by atomic mass is 10.1. The van der Waals surface area contributed by atoms with Gasteiger partial charge in [-0.15, -0.1) is 0 Å². The molecule has 1 heterocycles. The summed E-state index contributed by atoms with van der Waals surface area (Å²) in [5, 5.41) is 3.31. The topological polar surface area (TPSA) is 92.1 Å². The van der Waals surface area contributed by atoms with Crippen LogP contribution in [0.5, 0.6) is 0 Å². The molecule has 39 heavy (non-hydrogen) atoms. The number of anilines is 1. The molecule has 202 valence electrons. The molecule has 4 aromatic rings. The Morgan fingerprint density at radius 2 is 1.72 bits per heavy atom. The minimum absolute atomic E-state index is 0.0317. The molecule has 0 spiro atoms. The third-order valence-electron chi connectivity index (χ3n) is 6.22. The molecule has 0 saturated carbocycles. The van der Waals surface area contributed by atoms with E-state index in [0.29, 0.717) is 22.2 Å². The zero-order valence-electron chi connectivity index (χ0n) is 21.9. The number of amides is 3. The Bertz CT molecular complexity index is 1510. The number of para-hydroxylation sites is 1. The van der Waals surface area contributed by atoms with Gasteiger partial charge in [-0.1, -0.05) is 54.1 Å². The van der Waals surface area contributed by atoms with Crippen molar-refractivity contribution in [3.05, 3.63) is 110 Å². The number of carbonyl (C=O) groups excluding carboxylic acids is 2. The van der Waals surface area contributed by atoms with Crippen molar-refractivity contribution in [1.29, 1.82) is 0 Å². The largest absolute Gasteiger partial charge is 0.464 e. The monoisotopic (exact) mass is 591 g/mol. The predicted octanol–water partition coefficient (Wildman–Crippen LogP) is 5.57. The van der Waals surface area contributed by atoms with E-state index in [1.807, 2.05) is 61.5 Å². The molecule has 4 rings (SSSR count). The van der Waals surface area contributed by atoms with Crippen LogP contribution >= 0.6 is 15.9 Å². The van der Waals surface area contributed by atoms with Gasteiger partial charge in [0.25, 0.3) is 0 Å². The molecular formula is C30H30BrN3O5. The van der Waals surface area contributed by atoms with Crippen molar-refractivity contribution in [1.82, 2.24) is 9.80 Å². The first-order valence-corrected chi connectivity index (χ1v) is 13.3. The number of fused-ring (bicyclic) bond motifs is 1. The number of aryl methyl sites for hydroxylation is 1. The van der Waals surface area contributed by atoms with E-state index in [1.165, 1.54) is 18.3 Å². The second-order valence-corrected chi connectivity index (χ2v) is 10.0. The van der Waals surface area contributed by atoms with E-state index >= 15 is 0 Å². The quantitative estimate of drug-likeness (QED) is 0.260. The summed E-state index contributed by atoms with van der Waals surface area (Å²) in [6.07, 6.45) is 1.41. The summed E-state index contributed by atoms with van der Waals surface area (Å²) in [5.41, 5.74) is 3.08. The fraction of sp³-hybridized carbons (Fsp3) is 0.233. The highest BCUT2D eigenvalue weighted by molar-refractivity contribution is 9.10. The Labute approximate surface area is 235 Å². The Morgan fingerprint density at radius 3 is 2.46 bits per heavy atom. The molecule has 0 aliphatic rings. The highest BCUT2D eigenvalue weighted by Crippen LogP contribution is 2.22. The molecule has 0 aliphatic heterocycles. The van der Waals surface area contributed by atoms with Gasteiger partial charge in [0.15, 0.2) is 5.43 Å². The second-order valence-electron chi connectivity index (χ2n) is 9.15. The molecule has 3 aromatic carbocycles. The first-order valence-electron chi connectivity index (χ1n) is 12.5. The average molecular weight is 592 g/mol. The first-order chi connectivity index (χ1) is 18.9. The summed E-state index contributed by atoms with van der Waals surface area (Å²) in [6, 6.07) is 21.7. The molecule has 3 amide bonds. The van der Waals surface area contributed by atoms with Crippen LogP contribution in [0.3, 0.4) is 0 Å². The second kappa shape index (κ2) is 13.2. The lowest BCUT2D eigenvalue weighted by Gasteiger charge is -2.28. The number of nitrogens with one attached hydrogen (secondary N) is 1. The van der Waals surface area contributed by atoms with Crippen LogP contribution in [0.1, 0.15) is 16.7 Å². The summed E-state index contributed by atoms with van der Waals surface area (Å²) in [6.45, 7) is 2.45. The van der Waals surface area contributed by atoms with Gasteiger partial charge < -0.3 is 24.3 Å². The van der Waals surface area contributed by atoms with Crippen molar-refractivity contribution in [3.63, 3.8) is 0 Å². The van der Waals surface area contributed by atoms with E-state index in [1.54, 1.807) is 23.1 Å². The van der Waals surface area contributed by atoms with Crippen LogP contribution < -0.4 is 10.7 Å². The number of rotatable bonds is 10. The van der Waals surface area contributed by atoms with Gasteiger partial charge >= 0.3 is 6.03 Å². The van der Waals surface area contributed by atoms with Gasteiger partial charge in [-0.05, 0) is 52.7 Å². The smallest absolute Gasteiger partial charge is 0.322 e. The maximum atomic E-state index is 13.7. The molecule has 0 fully saturated rings. The normalized spacial score (nSPS) is 10.8. The van der Waals surface area contributed by atoms with Gasteiger partial charge in [-0.25, -0.2) is 4.79 Å². The predicted molar refractivity (Wildman–Crippen MR) is 155 cm³/mol. The van der Waals surface area contributed by atoms with Gasteiger partial charge in [-0.2, -0.15) is 0 Å². The lowest BCUT2D eigenvalue weighted by Crippen LogP contribution is -2.45. The van der Waals surface area contributed by atoms with Crippen LogP contribution in [0, 0.1) is 6.92 Å². The first kappa shape index (κ1) is 28.1. The van der Waals surface area contributed by atoms with Gasteiger partial charge in [0.1, 0.15) is 12.1 Å². The summed E-state index contributed by atoms with van der Waals surface area (Å²) < 4.78 is 11.6. The van der Waals surface area contributed by atoms with Crippen LogP contribution in [0.25, 0.3) is 11.0 Å². The minimum Gasteiger partial charge on any atom is -0.464 e. The number of benzene rings is 3. The molecule has 0 radical (unpaired) electrons. The fourth-order valence-corrected chi connectivity index (χ4v) is 4.49. The van der Waals surface area contributed by atoms with Crippen molar-refractivity contribution in [2.45, 2.75) is 20.0 Å². The van der Waals surface area contributed by atoms with E-state index in [4.69, 9.17) is 9.15 Å². The Balaban J connectivity index is 1.60. The summed E-state index contributed by atoms with van der Waals surface area (Å²) in [4.78, 5) is 43.1. The summed E-state index contributed by atoms with van der Waals surface area (Å²) in [5.74, 6) is -0.319. The highest BCUT2D eigenvalue weighted by Gasteiger charge is 2.23. The Kier molecular flexibility index (Phi) is 9.51.